The zero-order valence-corrected chi connectivity index (χ0v) is 10.2. The second kappa shape index (κ2) is 5.46. The van der Waals surface area contributed by atoms with Crippen LogP contribution in [0.3, 0.4) is 0 Å². The summed E-state index contributed by atoms with van der Waals surface area (Å²) in [6, 6.07) is 5.19. The highest BCUT2D eigenvalue weighted by atomic mass is 16.5. The molecule has 0 saturated carbocycles. The van der Waals surface area contributed by atoms with Crippen LogP contribution in [0.1, 0.15) is 17.4 Å². The highest BCUT2D eigenvalue weighted by Crippen LogP contribution is 2.32. The number of hydrogen-bond acceptors (Lipinski definition) is 5. The van der Waals surface area contributed by atoms with Gasteiger partial charge in [0.25, 0.3) is 0 Å². The van der Waals surface area contributed by atoms with E-state index in [2.05, 4.69) is 9.97 Å². The quantitative estimate of drug-likeness (QED) is 0.887. The molecule has 0 amide bonds. The average Bonchev–Trinajstić information content (AvgIpc) is 2.46. The molecule has 0 saturated heterocycles. The fraction of sp³-hybridized carbons (Fsp3) is 0.231. The van der Waals surface area contributed by atoms with Crippen LogP contribution in [0.5, 0.6) is 11.5 Å². The van der Waals surface area contributed by atoms with Gasteiger partial charge in [0.05, 0.1) is 20.4 Å². The molecule has 2 aromatic rings. The SMILES string of the molecule is COc1cnccc1C(O)c1ncccc1OC. The number of pyridine rings is 2. The number of methoxy groups -OCH3 is 2. The van der Waals surface area contributed by atoms with Gasteiger partial charge in [-0.25, -0.2) is 0 Å². The Kier molecular flexibility index (Phi) is 3.74. The van der Waals surface area contributed by atoms with Gasteiger partial charge in [0.15, 0.2) is 0 Å². The number of rotatable bonds is 4. The van der Waals surface area contributed by atoms with Crippen molar-refractivity contribution in [3.8, 4) is 11.5 Å². The normalized spacial score (nSPS) is 11.9. The molecule has 5 heteroatoms. The van der Waals surface area contributed by atoms with Crippen LogP contribution in [0.4, 0.5) is 0 Å². The first-order valence-electron chi connectivity index (χ1n) is 5.42. The molecule has 1 N–H and O–H groups in total. The molecule has 94 valence electrons. The van der Waals surface area contributed by atoms with Crippen molar-refractivity contribution in [2.45, 2.75) is 6.10 Å². The van der Waals surface area contributed by atoms with E-state index in [1.807, 2.05) is 0 Å². The number of aliphatic hydroxyl groups is 1. The van der Waals surface area contributed by atoms with Gasteiger partial charge in [0.1, 0.15) is 23.3 Å². The van der Waals surface area contributed by atoms with Gasteiger partial charge in [-0.05, 0) is 18.2 Å². The summed E-state index contributed by atoms with van der Waals surface area (Å²) in [5.41, 5.74) is 1.05. The Labute approximate surface area is 105 Å². The van der Waals surface area contributed by atoms with Crippen molar-refractivity contribution in [2.24, 2.45) is 0 Å². The summed E-state index contributed by atoms with van der Waals surface area (Å²) in [5, 5.41) is 10.4. The Hall–Kier alpha value is -2.14. The molecule has 2 rings (SSSR count). The lowest BCUT2D eigenvalue weighted by molar-refractivity contribution is 0.204. The second-order valence-corrected chi connectivity index (χ2v) is 3.61. The Morgan fingerprint density at radius 2 is 1.89 bits per heavy atom. The van der Waals surface area contributed by atoms with E-state index in [4.69, 9.17) is 9.47 Å². The summed E-state index contributed by atoms with van der Waals surface area (Å²) in [7, 11) is 3.07. The number of ether oxygens (including phenoxy) is 2. The summed E-state index contributed by atoms with van der Waals surface area (Å²) in [4.78, 5) is 8.10. The average molecular weight is 246 g/mol. The third-order valence-corrected chi connectivity index (χ3v) is 2.61. The molecule has 18 heavy (non-hydrogen) atoms. The predicted octanol–water partition coefficient (Wildman–Crippen LogP) is 1.58. The minimum Gasteiger partial charge on any atom is -0.495 e. The topological polar surface area (TPSA) is 64.5 Å². The highest BCUT2D eigenvalue weighted by molar-refractivity contribution is 5.40. The fourth-order valence-electron chi connectivity index (χ4n) is 1.72. The van der Waals surface area contributed by atoms with Gasteiger partial charge in [0, 0.05) is 18.0 Å². The van der Waals surface area contributed by atoms with Gasteiger partial charge in [-0.15, -0.1) is 0 Å². The van der Waals surface area contributed by atoms with Crippen LogP contribution < -0.4 is 9.47 Å². The maximum absolute atomic E-state index is 10.4. The maximum atomic E-state index is 10.4. The first kappa shape index (κ1) is 12.3. The number of hydrogen-bond donors (Lipinski definition) is 1. The van der Waals surface area contributed by atoms with Crippen molar-refractivity contribution in [1.29, 1.82) is 0 Å². The first-order valence-corrected chi connectivity index (χ1v) is 5.42. The molecule has 0 bridgehead atoms. The molecular formula is C13H14N2O3. The van der Waals surface area contributed by atoms with Crippen molar-refractivity contribution in [1.82, 2.24) is 9.97 Å². The number of aromatic nitrogens is 2. The third kappa shape index (κ3) is 2.26. The molecule has 0 aromatic carbocycles. The van der Waals surface area contributed by atoms with Crippen LogP contribution in [0, 0.1) is 0 Å². The Bertz CT molecular complexity index is 484. The van der Waals surface area contributed by atoms with E-state index in [0.717, 1.165) is 0 Å². The van der Waals surface area contributed by atoms with Gasteiger partial charge in [-0.2, -0.15) is 0 Å². The van der Waals surface area contributed by atoms with E-state index in [1.165, 1.54) is 14.2 Å². The summed E-state index contributed by atoms with van der Waals surface area (Å²) in [6.45, 7) is 0. The molecule has 1 unspecified atom stereocenters. The Morgan fingerprint density at radius 1 is 1.11 bits per heavy atom. The van der Waals surface area contributed by atoms with Crippen molar-refractivity contribution in [2.75, 3.05) is 14.2 Å². The molecule has 5 nitrogen and oxygen atoms in total. The first-order chi connectivity index (χ1) is 8.77. The number of aliphatic hydroxyl groups excluding tert-OH is 1. The third-order valence-electron chi connectivity index (χ3n) is 2.61. The number of nitrogens with zero attached hydrogens (tertiary/aromatic N) is 2. The van der Waals surface area contributed by atoms with E-state index in [1.54, 1.807) is 36.8 Å². The standard InChI is InChI=1S/C13H14N2O3/c1-17-10-4-3-6-15-12(10)13(16)9-5-7-14-8-11(9)18-2/h3-8,13,16H,1-2H3. The van der Waals surface area contributed by atoms with E-state index in [0.29, 0.717) is 22.8 Å². The van der Waals surface area contributed by atoms with Crippen molar-refractivity contribution in [3.05, 3.63) is 48.0 Å². The van der Waals surface area contributed by atoms with Crippen molar-refractivity contribution in [3.63, 3.8) is 0 Å². The van der Waals surface area contributed by atoms with Crippen LogP contribution in [-0.4, -0.2) is 29.3 Å². The van der Waals surface area contributed by atoms with E-state index in [-0.39, 0.29) is 0 Å². The second-order valence-electron chi connectivity index (χ2n) is 3.61. The molecule has 0 aliphatic carbocycles. The van der Waals surface area contributed by atoms with Gasteiger partial charge < -0.3 is 14.6 Å². The molecule has 2 heterocycles. The van der Waals surface area contributed by atoms with Crippen LogP contribution in [0.25, 0.3) is 0 Å². The summed E-state index contributed by atoms with van der Waals surface area (Å²) in [6.07, 6.45) is 3.83. The molecule has 1 atom stereocenters. The summed E-state index contributed by atoms with van der Waals surface area (Å²) < 4.78 is 10.4. The minimum absolute atomic E-state index is 0.449. The van der Waals surface area contributed by atoms with E-state index < -0.39 is 6.10 Å². The minimum atomic E-state index is -0.918. The van der Waals surface area contributed by atoms with Crippen LogP contribution in [0.2, 0.25) is 0 Å². The molecular weight excluding hydrogens is 232 g/mol. The highest BCUT2D eigenvalue weighted by Gasteiger charge is 2.20. The van der Waals surface area contributed by atoms with Gasteiger partial charge >= 0.3 is 0 Å². The largest absolute Gasteiger partial charge is 0.495 e. The van der Waals surface area contributed by atoms with Gasteiger partial charge in [-0.3, -0.25) is 9.97 Å². The van der Waals surface area contributed by atoms with Crippen molar-refractivity contribution >= 4 is 0 Å². The lowest BCUT2D eigenvalue weighted by Crippen LogP contribution is -2.06. The molecule has 2 aromatic heterocycles. The maximum Gasteiger partial charge on any atom is 0.143 e. The Balaban J connectivity index is 2.44. The van der Waals surface area contributed by atoms with Crippen LogP contribution >= 0.6 is 0 Å². The summed E-state index contributed by atoms with van der Waals surface area (Å²) in [5.74, 6) is 1.04. The van der Waals surface area contributed by atoms with Crippen LogP contribution in [-0.2, 0) is 0 Å². The van der Waals surface area contributed by atoms with Crippen LogP contribution in [0.15, 0.2) is 36.8 Å². The lowest BCUT2D eigenvalue weighted by atomic mass is 10.1. The van der Waals surface area contributed by atoms with E-state index >= 15 is 0 Å². The zero-order valence-electron chi connectivity index (χ0n) is 10.2. The van der Waals surface area contributed by atoms with Gasteiger partial charge in [-0.1, -0.05) is 0 Å². The lowest BCUT2D eigenvalue weighted by Gasteiger charge is -2.15. The van der Waals surface area contributed by atoms with E-state index in [9.17, 15) is 5.11 Å². The fourth-order valence-corrected chi connectivity index (χ4v) is 1.72. The molecule has 0 spiro atoms. The summed E-state index contributed by atoms with van der Waals surface area (Å²) >= 11 is 0. The molecule has 0 radical (unpaired) electrons. The molecule has 0 fully saturated rings. The van der Waals surface area contributed by atoms with Gasteiger partial charge in [0.2, 0.25) is 0 Å². The molecule has 0 aliphatic rings. The monoisotopic (exact) mass is 246 g/mol. The smallest absolute Gasteiger partial charge is 0.143 e. The molecule has 0 aliphatic heterocycles. The Morgan fingerprint density at radius 3 is 2.61 bits per heavy atom. The zero-order chi connectivity index (χ0) is 13.0. The predicted molar refractivity (Wildman–Crippen MR) is 65.6 cm³/mol. The van der Waals surface area contributed by atoms with Crippen molar-refractivity contribution < 1.29 is 14.6 Å².